The van der Waals surface area contributed by atoms with Gasteiger partial charge in [-0.05, 0) is 85.6 Å². The molecule has 3 aromatic heterocycles. The number of anilines is 1. The molecule has 8 heteroatoms. The Morgan fingerprint density at radius 3 is 2.62 bits per heavy atom. The minimum Gasteiger partial charge on any atom is -0.307 e. The molecule has 0 saturated heterocycles. The van der Waals surface area contributed by atoms with Crippen LogP contribution in [0, 0.1) is 19.7 Å². The molecule has 0 aliphatic heterocycles. The van der Waals surface area contributed by atoms with Crippen molar-refractivity contribution < 1.29 is 9.18 Å². The molecular formula is C26H19ClFN5O. The molecule has 1 amide bonds. The summed E-state index contributed by atoms with van der Waals surface area (Å²) in [7, 11) is 0. The van der Waals surface area contributed by atoms with Gasteiger partial charge in [-0.15, -0.1) is 0 Å². The standard InChI is InChI=1S/C26H19ClFN5O/c1-15-13-19(27)6-7-20(15)26(34)31-22-14-18(9-11-29-22)25-24(17-5-8-21(28)16(2)12-17)32-23-4-3-10-30-33(23)25/h3-14H,1-2H3,(H,29,31,34). The highest BCUT2D eigenvalue weighted by Gasteiger charge is 2.19. The van der Waals surface area contributed by atoms with Crippen LogP contribution in [-0.4, -0.2) is 25.5 Å². The first kappa shape index (κ1) is 21.7. The Labute approximate surface area is 200 Å². The summed E-state index contributed by atoms with van der Waals surface area (Å²) < 4.78 is 15.6. The van der Waals surface area contributed by atoms with Crippen LogP contribution in [0.25, 0.3) is 28.2 Å². The number of rotatable bonds is 4. The lowest BCUT2D eigenvalue weighted by molar-refractivity contribution is 0.102. The lowest BCUT2D eigenvalue weighted by Gasteiger charge is -2.10. The fourth-order valence-corrected chi connectivity index (χ4v) is 4.08. The maximum atomic E-state index is 13.9. The van der Waals surface area contributed by atoms with E-state index in [9.17, 15) is 9.18 Å². The second-order valence-corrected chi connectivity index (χ2v) is 8.35. The second-order valence-electron chi connectivity index (χ2n) is 7.91. The number of pyridine rings is 1. The molecule has 34 heavy (non-hydrogen) atoms. The Hall–Kier alpha value is -4.10. The number of amides is 1. The molecule has 0 atom stereocenters. The van der Waals surface area contributed by atoms with Crippen molar-refractivity contribution in [1.29, 1.82) is 0 Å². The smallest absolute Gasteiger partial charge is 0.257 e. The number of nitrogens with one attached hydrogen (secondary N) is 1. The van der Waals surface area contributed by atoms with Gasteiger partial charge in [-0.2, -0.15) is 5.10 Å². The average molecular weight is 472 g/mol. The largest absolute Gasteiger partial charge is 0.307 e. The number of hydrogen-bond donors (Lipinski definition) is 1. The zero-order valence-corrected chi connectivity index (χ0v) is 19.1. The van der Waals surface area contributed by atoms with Crippen molar-refractivity contribution in [3.63, 3.8) is 0 Å². The van der Waals surface area contributed by atoms with Crippen molar-refractivity contribution in [2.45, 2.75) is 13.8 Å². The topological polar surface area (TPSA) is 72.2 Å². The van der Waals surface area contributed by atoms with Gasteiger partial charge in [0.15, 0.2) is 5.65 Å². The SMILES string of the molecule is Cc1cc(-c2nc3cccnn3c2-c2ccnc(NC(=O)c3ccc(Cl)cc3C)c2)ccc1F. The van der Waals surface area contributed by atoms with Crippen LogP contribution in [0.5, 0.6) is 0 Å². The van der Waals surface area contributed by atoms with Crippen LogP contribution in [-0.2, 0) is 0 Å². The number of halogens is 2. The van der Waals surface area contributed by atoms with Gasteiger partial charge in [-0.25, -0.2) is 18.9 Å². The lowest BCUT2D eigenvalue weighted by atomic mass is 10.0. The maximum absolute atomic E-state index is 13.9. The number of carbonyl (C=O) groups excluding carboxylic acids is 1. The summed E-state index contributed by atoms with van der Waals surface area (Å²) in [5, 5.41) is 7.88. The van der Waals surface area contributed by atoms with E-state index in [0.717, 1.165) is 16.7 Å². The van der Waals surface area contributed by atoms with E-state index in [1.807, 2.05) is 19.1 Å². The van der Waals surface area contributed by atoms with Gasteiger partial charge >= 0.3 is 0 Å². The Balaban J connectivity index is 1.59. The van der Waals surface area contributed by atoms with E-state index in [4.69, 9.17) is 16.6 Å². The normalized spacial score (nSPS) is 11.1. The lowest BCUT2D eigenvalue weighted by Crippen LogP contribution is -2.14. The van der Waals surface area contributed by atoms with E-state index >= 15 is 0 Å². The summed E-state index contributed by atoms with van der Waals surface area (Å²) in [4.78, 5) is 21.9. The fourth-order valence-electron chi connectivity index (χ4n) is 3.85. The Bertz CT molecular complexity index is 1560. The number of imidazole rings is 1. The third kappa shape index (κ3) is 4.02. The summed E-state index contributed by atoms with van der Waals surface area (Å²) in [6.45, 7) is 3.54. The van der Waals surface area contributed by atoms with Gasteiger partial charge in [0.2, 0.25) is 0 Å². The molecule has 0 saturated carbocycles. The van der Waals surface area contributed by atoms with E-state index in [-0.39, 0.29) is 11.7 Å². The number of fused-ring (bicyclic) bond motifs is 1. The first-order chi connectivity index (χ1) is 16.4. The highest BCUT2D eigenvalue weighted by atomic mass is 35.5. The molecule has 0 spiro atoms. The van der Waals surface area contributed by atoms with Crippen molar-refractivity contribution in [1.82, 2.24) is 19.6 Å². The fraction of sp³-hybridized carbons (Fsp3) is 0.0769. The van der Waals surface area contributed by atoms with Gasteiger partial charge in [0, 0.05) is 34.1 Å². The average Bonchev–Trinajstić information content (AvgIpc) is 3.20. The maximum Gasteiger partial charge on any atom is 0.257 e. The summed E-state index contributed by atoms with van der Waals surface area (Å²) in [5.41, 5.74) is 5.32. The third-order valence-corrected chi connectivity index (χ3v) is 5.77. The van der Waals surface area contributed by atoms with Crippen molar-refractivity contribution >= 4 is 29.0 Å². The molecule has 0 aliphatic rings. The monoisotopic (exact) mass is 471 g/mol. The van der Waals surface area contributed by atoms with Crippen molar-refractivity contribution in [2.75, 3.05) is 5.32 Å². The molecule has 0 aliphatic carbocycles. The van der Waals surface area contributed by atoms with E-state index in [0.29, 0.717) is 39.0 Å². The molecule has 6 nitrogen and oxygen atoms in total. The van der Waals surface area contributed by atoms with Gasteiger partial charge in [-0.1, -0.05) is 11.6 Å². The van der Waals surface area contributed by atoms with Gasteiger partial charge in [0.25, 0.3) is 5.91 Å². The van der Waals surface area contributed by atoms with Crippen LogP contribution in [0.2, 0.25) is 5.02 Å². The van der Waals surface area contributed by atoms with Crippen molar-refractivity contribution in [3.8, 4) is 22.5 Å². The molecule has 5 rings (SSSR count). The minimum absolute atomic E-state index is 0.279. The van der Waals surface area contributed by atoms with Crippen LogP contribution in [0.15, 0.2) is 73.1 Å². The Kier molecular flexibility index (Phi) is 5.55. The highest BCUT2D eigenvalue weighted by molar-refractivity contribution is 6.30. The number of hydrogen-bond acceptors (Lipinski definition) is 4. The van der Waals surface area contributed by atoms with Gasteiger partial charge < -0.3 is 5.32 Å². The van der Waals surface area contributed by atoms with Crippen LogP contribution in [0.1, 0.15) is 21.5 Å². The second kappa shape index (κ2) is 8.68. The molecule has 0 unspecified atom stereocenters. The highest BCUT2D eigenvalue weighted by Crippen LogP contribution is 2.33. The van der Waals surface area contributed by atoms with Crippen molar-refractivity contribution in [2.24, 2.45) is 0 Å². The van der Waals surface area contributed by atoms with E-state index in [1.54, 1.807) is 66.3 Å². The van der Waals surface area contributed by atoms with Gasteiger partial charge in [-0.3, -0.25) is 4.79 Å². The van der Waals surface area contributed by atoms with Crippen LogP contribution < -0.4 is 5.32 Å². The number of benzene rings is 2. The number of aryl methyl sites for hydroxylation is 2. The molecule has 168 valence electrons. The molecule has 0 fully saturated rings. The van der Waals surface area contributed by atoms with E-state index in [1.165, 1.54) is 6.07 Å². The van der Waals surface area contributed by atoms with E-state index in [2.05, 4.69) is 15.4 Å². The summed E-state index contributed by atoms with van der Waals surface area (Å²) in [6.07, 6.45) is 3.28. The first-order valence-corrected chi connectivity index (χ1v) is 10.9. The Morgan fingerprint density at radius 1 is 0.971 bits per heavy atom. The molecular weight excluding hydrogens is 453 g/mol. The summed E-state index contributed by atoms with van der Waals surface area (Å²) in [6, 6.07) is 17.2. The zero-order valence-electron chi connectivity index (χ0n) is 18.4. The molecule has 3 heterocycles. The van der Waals surface area contributed by atoms with Crippen molar-refractivity contribution in [3.05, 3.63) is 101 Å². The number of carbonyl (C=O) groups is 1. The Morgan fingerprint density at radius 2 is 1.82 bits per heavy atom. The van der Waals surface area contributed by atoms with Crippen LogP contribution in [0.4, 0.5) is 10.2 Å². The van der Waals surface area contributed by atoms with Crippen LogP contribution >= 0.6 is 11.6 Å². The number of nitrogens with zero attached hydrogens (tertiary/aromatic N) is 4. The molecule has 0 bridgehead atoms. The van der Waals surface area contributed by atoms with Gasteiger partial charge in [0.1, 0.15) is 17.3 Å². The molecule has 1 N–H and O–H groups in total. The molecule has 5 aromatic rings. The third-order valence-electron chi connectivity index (χ3n) is 5.53. The number of aromatic nitrogens is 4. The molecule has 0 radical (unpaired) electrons. The van der Waals surface area contributed by atoms with Gasteiger partial charge in [0.05, 0.1) is 5.69 Å². The van der Waals surface area contributed by atoms with Crippen LogP contribution in [0.3, 0.4) is 0 Å². The summed E-state index contributed by atoms with van der Waals surface area (Å²) >= 11 is 6.01. The first-order valence-electron chi connectivity index (χ1n) is 10.5. The zero-order chi connectivity index (χ0) is 23.8. The quantitative estimate of drug-likeness (QED) is 0.342. The minimum atomic E-state index is -0.288. The molecule has 2 aromatic carbocycles. The predicted molar refractivity (Wildman–Crippen MR) is 130 cm³/mol. The van der Waals surface area contributed by atoms with E-state index < -0.39 is 0 Å². The predicted octanol–water partition coefficient (Wildman–Crippen LogP) is 6.12. The summed E-state index contributed by atoms with van der Waals surface area (Å²) in [5.74, 6) is -0.188.